The van der Waals surface area contributed by atoms with Crippen molar-refractivity contribution in [1.29, 1.82) is 0 Å². The minimum Gasteiger partial charge on any atom is -0.315 e. The molecule has 1 heterocycles. The van der Waals surface area contributed by atoms with E-state index in [1.807, 2.05) is 0 Å². The zero-order chi connectivity index (χ0) is 17.2. The van der Waals surface area contributed by atoms with Crippen molar-refractivity contribution in [3.8, 4) is 0 Å². The third-order valence-electron chi connectivity index (χ3n) is 5.05. The van der Waals surface area contributed by atoms with Crippen LogP contribution in [0.5, 0.6) is 0 Å². The van der Waals surface area contributed by atoms with Crippen LogP contribution in [0.3, 0.4) is 0 Å². The van der Waals surface area contributed by atoms with Gasteiger partial charge in [-0.3, -0.25) is 0 Å². The van der Waals surface area contributed by atoms with E-state index in [0.717, 1.165) is 32.6 Å². The van der Waals surface area contributed by atoms with Gasteiger partial charge in [-0.05, 0) is 43.5 Å². The highest BCUT2D eigenvalue weighted by atomic mass is 15.0. The van der Waals surface area contributed by atoms with Crippen molar-refractivity contribution in [2.24, 2.45) is 0 Å². The zero-order valence-electron chi connectivity index (χ0n) is 15.1. The van der Waals surface area contributed by atoms with E-state index >= 15 is 0 Å². The molecule has 0 saturated carbocycles. The lowest BCUT2D eigenvalue weighted by Crippen LogP contribution is -2.45. The number of hydrogen-bond acceptors (Lipinski definition) is 3. The van der Waals surface area contributed by atoms with E-state index < -0.39 is 0 Å². The summed E-state index contributed by atoms with van der Waals surface area (Å²) in [6, 6.07) is 22.4. The third kappa shape index (κ3) is 5.96. The summed E-state index contributed by atoms with van der Waals surface area (Å²) in [5.74, 6) is 0.463. The van der Waals surface area contributed by atoms with E-state index in [1.54, 1.807) is 0 Å². The van der Waals surface area contributed by atoms with Crippen LogP contribution >= 0.6 is 0 Å². The van der Waals surface area contributed by atoms with Gasteiger partial charge in [-0.25, -0.2) is 0 Å². The second kappa shape index (κ2) is 10.3. The van der Waals surface area contributed by atoms with Gasteiger partial charge in [0.05, 0.1) is 0 Å². The Labute approximate surface area is 152 Å². The van der Waals surface area contributed by atoms with Gasteiger partial charge in [0.2, 0.25) is 0 Å². The Hall–Kier alpha value is -1.68. The normalized spacial score (nSPS) is 17.7. The van der Waals surface area contributed by atoms with Gasteiger partial charge in [-0.1, -0.05) is 60.7 Å². The first-order valence-corrected chi connectivity index (χ1v) is 9.68. The lowest BCUT2D eigenvalue weighted by Gasteiger charge is -2.24. The predicted octanol–water partition coefficient (Wildman–Crippen LogP) is 3.14. The van der Waals surface area contributed by atoms with E-state index in [4.69, 9.17) is 0 Å². The molecule has 1 aliphatic rings. The van der Waals surface area contributed by atoms with E-state index in [2.05, 4.69) is 76.6 Å². The van der Waals surface area contributed by atoms with Crippen LogP contribution in [0.4, 0.5) is 0 Å². The topological polar surface area (TPSA) is 36.1 Å². The van der Waals surface area contributed by atoms with Gasteiger partial charge in [-0.2, -0.15) is 0 Å². The zero-order valence-corrected chi connectivity index (χ0v) is 15.1. The Bertz CT molecular complexity index is 539. The molecule has 1 aliphatic heterocycles. The Morgan fingerprint density at radius 3 is 2.16 bits per heavy atom. The SMILES string of the molecule is c1ccc(C(CCNCCN[C@H]2CCCNC2)c2ccccc2)cc1. The molecule has 2 aromatic carbocycles. The molecule has 3 nitrogen and oxygen atoms in total. The Morgan fingerprint density at radius 2 is 1.56 bits per heavy atom. The maximum absolute atomic E-state index is 3.65. The quantitative estimate of drug-likeness (QED) is 0.615. The molecule has 0 bridgehead atoms. The molecule has 1 fully saturated rings. The molecule has 0 aromatic heterocycles. The summed E-state index contributed by atoms with van der Waals surface area (Å²) in [4.78, 5) is 0. The van der Waals surface area contributed by atoms with Gasteiger partial charge in [0.15, 0.2) is 0 Å². The first kappa shape index (κ1) is 18.1. The van der Waals surface area contributed by atoms with E-state index in [0.29, 0.717) is 12.0 Å². The van der Waals surface area contributed by atoms with Gasteiger partial charge in [0, 0.05) is 31.6 Å². The molecule has 1 atom stereocenters. The average molecular weight is 338 g/mol. The Morgan fingerprint density at radius 1 is 0.880 bits per heavy atom. The maximum Gasteiger partial charge on any atom is 0.0193 e. The van der Waals surface area contributed by atoms with Crippen LogP contribution in [0, 0.1) is 0 Å². The monoisotopic (exact) mass is 337 g/mol. The van der Waals surface area contributed by atoms with Crippen molar-refractivity contribution < 1.29 is 0 Å². The predicted molar refractivity (Wildman–Crippen MR) is 106 cm³/mol. The van der Waals surface area contributed by atoms with Crippen LogP contribution in [-0.4, -0.2) is 38.8 Å². The Kier molecular flexibility index (Phi) is 7.50. The second-order valence-corrected chi connectivity index (χ2v) is 6.91. The highest BCUT2D eigenvalue weighted by Gasteiger charge is 2.13. The third-order valence-corrected chi connectivity index (χ3v) is 5.05. The fraction of sp³-hybridized carbons (Fsp3) is 0.455. The van der Waals surface area contributed by atoms with Crippen molar-refractivity contribution in [3.05, 3.63) is 71.8 Å². The molecular weight excluding hydrogens is 306 g/mol. The Balaban J connectivity index is 1.43. The standard InChI is InChI=1S/C22H31N3/c1-3-8-19(9-4-1)22(20-10-5-2-6-11-20)13-15-23-16-17-25-21-12-7-14-24-18-21/h1-6,8-11,21-25H,7,12-18H2/t21-/m0/s1. The molecule has 134 valence electrons. The molecular formula is C22H31N3. The van der Waals surface area contributed by atoms with Crippen LogP contribution in [0.25, 0.3) is 0 Å². The summed E-state index contributed by atoms with van der Waals surface area (Å²) >= 11 is 0. The number of rotatable bonds is 9. The first-order chi connectivity index (χ1) is 12.4. The van der Waals surface area contributed by atoms with E-state index in [1.165, 1.54) is 30.5 Å². The minimum atomic E-state index is 0.463. The van der Waals surface area contributed by atoms with E-state index in [9.17, 15) is 0 Å². The van der Waals surface area contributed by atoms with E-state index in [-0.39, 0.29) is 0 Å². The highest BCUT2D eigenvalue weighted by Crippen LogP contribution is 2.27. The van der Waals surface area contributed by atoms with Crippen LogP contribution in [-0.2, 0) is 0 Å². The fourth-order valence-electron chi connectivity index (χ4n) is 3.66. The van der Waals surface area contributed by atoms with Gasteiger partial charge in [0.1, 0.15) is 0 Å². The number of benzene rings is 2. The molecule has 25 heavy (non-hydrogen) atoms. The number of piperidine rings is 1. The average Bonchev–Trinajstić information content (AvgIpc) is 2.69. The minimum absolute atomic E-state index is 0.463. The van der Waals surface area contributed by atoms with Gasteiger partial charge in [0.25, 0.3) is 0 Å². The summed E-state index contributed by atoms with van der Waals surface area (Å²) in [6.07, 6.45) is 3.72. The van der Waals surface area contributed by atoms with Crippen molar-refractivity contribution in [3.63, 3.8) is 0 Å². The number of nitrogens with one attached hydrogen (secondary N) is 3. The van der Waals surface area contributed by atoms with Crippen LogP contribution in [0.2, 0.25) is 0 Å². The lowest BCUT2D eigenvalue weighted by atomic mass is 9.88. The fourth-order valence-corrected chi connectivity index (χ4v) is 3.66. The van der Waals surface area contributed by atoms with Crippen molar-refractivity contribution >= 4 is 0 Å². The summed E-state index contributed by atoms with van der Waals surface area (Å²) in [6.45, 7) is 5.42. The first-order valence-electron chi connectivity index (χ1n) is 9.68. The van der Waals surface area contributed by atoms with Crippen molar-refractivity contribution in [2.45, 2.75) is 31.2 Å². The van der Waals surface area contributed by atoms with Crippen LogP contribution in [0.15, 0.2) is 60.7 Å². The molecule has 2 aromatic rings. The highest BCUT2D eigenvalue weighted by molar-refractivity contribution is 5.32. The van der Waals surface area contributed by atoms with Crippen molar-refractivity contribution in [2.75, 3.05) is 32.7 Å². The van der Waals surface area contributed by atoms with Crippen LogP contribution in [0.1, 0.15) is 36.3 Å². The second-order valence-electron chi connectivity index (χ2n) is 6.91. The number of hydrogen-bond donors (Lipinski definition) is 3. The largest absolute Gasteiger partial charge is 0.315 e. The lowest BCUT2D eigenvalue weighted by molar-refractivity contribution is 0.388. The molecule has 3 N–H and O–H groups in total. The molecule has 0 amide bonds. The van der Waals surface area contributed by atoms with Crippen molar-refractivity contribution in [1.82, 2.24) is 16.0 Å². The molecule has 0 aliphatic carbocycles. The van der Waals surface area contributed by atoms with Gasteiger partial charge in [-0.15, -0.1) is 0 Å². The molecule has 0 spiro atoms. The molecule has 1 saturated heterocycles. The summed E-state index contributed by atoms with van der Waals surface area (Å²) < 4.78 is 0. The molecule has 3 rings (SSSR count). The summed E-state index contributed by atoms with van der Waals surface area (Å²) in [5, 5.41) is 10.7. The molecule has 0 unspecified atom stereocenters. The molecule has 3 heteroatoms. The summed E-state index contributed by atoms with van der Waals surface area (Å²) in [7, 11) is 0. The maximum atomic E-state index is 3.65. The molecule has 0 radical (unpaired) electrons. The van der Waals surface area contributed by atoms with Gasteiger partial charge < -0.3 is 16.0 Å². The summed E-state index contributed by atoms with van der Waals surface area (Å²) in [5.41, 5.74) is 2.81. The van der Waals surface area contributed by atoms with Gasteiger partial charge >= 0.3 is 0 Å². The van der Waals surface area contributed by atoms with Crippen LogP contribution < -0.4 is 16.0 Å². The smallest absolute Gasteiger partial charge is 0.0193 e.